The van der Waals surface area contributed by atoms with Crippen molar-refractivity contribution < 1.29 is 13.5 Å². The Morgan fingerprint density at radius 1 is 1.46 bits per heavy atom. The molecule has 0 fully saturated rings. The fourth-order valence-electron chi connectivity index (χ4n) is 0.901. The van der Waals surface area contributed by atoms with Gasteiger partial charge in [-0.3, -0.25) is 0 Å². The molecule has 1 aromatic rings. The lowest BCUT2D eigenvalue weighted by Gasteiger charge is -2.08. The molecule has 0 aliphatic rings. The molecule has 0 saturated carbocycles. The number of alkyl halides is 2. The fraction of sp³-hybridized carbons (Fsp3) is 0.250. The summed E-state index contributed by atoms with van der Waals surface area (Å²) in [6.07, 6.45) is 0. The van der Waals surface area contributed by atoms with Crippen LogP contribution in [0.1, 0.15) is 5.56 Å². The molecule has 2 N–H and O–H groups in total. The quantitative estimate of drug-likeness (QED) is 0.826. The van der Waals surface area contributed by atoms with Crippen LogP contribution >= 0.6 is 11.6 Å². The molecule has 0 amide bonds. The Morgan fingerprint density at radius 2 is 2.15 bits per heavy atom. The minimum atomic E-state index is -2.87. The number of halogens is 3. The lowest BCUT2D eigenvalue weighted by molar-refractivity contribution is -0.0498. The summed E-state index contributed by atoms with van der Waals surface area (Å²) in [5.41, 5.74) is 5.91. The molecule has 0 aromatic heterocycles. The monoisotopic (exact) mass is 207 g/mol. The summed E-state index contributed by atoms with van der Waals surface area (Å²) in [6, 6.07) is 4.58. The van der Waals surface area contributed by atoms with Crippen LogP contribution in [0.5, 0.6) is 5.75 Å². The first-order valence-corrected chi connectivity index (χ1v) is 3.95. The Morgan fingerprint density at radius 3 is 2.69 bits per heavy atom. The summed E-state index contributed by atoms with van der Waals surface area (Å²) in [4.78, 5) is 0. The van der Waals surface area contributed by atoms with Crippen molar-refractivity contribution in [3.8, 4) is 5.75 Å². The molecule has 13 heavy (non-hydrogen) atoms. The van der Waals surface area contributed by atoms with E-state index in [2.05, 4.69) is 4.74 Å². The molecule has 72 valence electrons. The van der Waals surface area contributed by atoms with Crippen molar-refractivity contribution in [3.63, 3.8) is 0 Å². The van der Waals surface area contributed by atoms with Gasteiger partial charge in [-0.15, -0.1) is 0 Å². The first kappa shape index (κ1) is 10.2. The number of hydrogen-bond donors (Lipinski definition) is 1. The van der Waals surface area contributed by atoms with E-state index in [1.54, 1.807) is 12.1 Å². The largest absolute Gasteiger partial charge is 0.433 e. The molecular weight excluding hydrogens is 200 g/mol. The molecule has 0 atom stereocenters. The lowest BCUT2D eigenvalue weighted by atomic mass is 10.2. The third kappa shape index (κ3) is 2.54. The number of nitrogens with two attached hydrogens (primary N) is 1. The molecule has 0 unspecified atom stereocenters. The van der Waals surface area contributed by atoms with Gasteiger partial charge in [-0.1, -0.05) is 23.7 Å². The number of benzene rings is 1. The number of ether oxygens (including phenoxy) is 1. The van der Waals surface area contributed by atoms with Gasteiger partial charge in [0, 0.05) is 6.54 Å². The highest BCUT2D eigenvalue weighted by molar-refractivity contribution is 6.32. The van der Waals surface area contributed by atoms with E-state index in [9.17, 15) is 8.78 Å². The van der Waals surface area contributed by atoms with Crippen molar-refractivity contribution in [3.05, 3.63) is 28.8 Å². The van der Waals surface area contributed by atoms with Crippen molar-refractivity contribution >= 4 is 11.6 Å². The maximum Gasteiger partial charge on any atom is 0.387 e. The van der Waals surface area contributed by atoms with Gasteiger partial charge >= 0.3 is 6.61 Å². The first-order chi connectivity index (χ1) is 6.15. The molecule has 2 nitrogen and oxygen atoms in total. The van der Waals surface area contributed by atoms with Crippen molar-refractivity contribution in [2.75, 3.05) is 0 Å². The van der Waals surface area contributed by atoms with Gasteiger partial charge in [0.05, 0.1) is 5.02 Å². The summed E-state index contributed by atoms with van der Waals surface area (Å²) < 4.78 is 27.8. The first-order valence-electron chi connectivity index (χ1n) is 3.57. The maximum atomic E-state index is 11.8. The van der Waals surface area contributed by atoms with E-state index < -0.39 is 6.61 Å². The zero-order chi connectivity index (χ0) is 9.84. The second-order valence-electron chi connectivity index (χ2n) is 2.31. The lowest BCUT2D eigenvalue weighted by Crippen LogP contribution is -2.04. The predicted octanol–water partition coefficient (Wildman–Crippen LogP) is 2.40. The fourth-order valence-corrected chi connectivity index (χ4v) is 1.15. The van der Waals surface area contributed by atoms with Crippen LogP contribution in [0.25, 0.3) is 0 Å². The van der Waals surface area contributed by atoms with Gasteiger partial charge in [0.25, 0.3) is 0 Å². The van der Waals surface area contributed by atoms with Crippen LogP contribution in [-0.4, -0.2) is 6.61 Å². The topological polar surface area (TPSA) is 35.2 Å². The smallest absolute Gasteiger partial charge is 0.387 e. The highest BCUT2D eigenvalue weighted by Gasteiger charge is 2.10. The van der Waals surface area contributed by atoms with E-state index in [1.165, 1.54) is 6.07 Å². The van der Waals surface area contributed by atoms with Crippen molar-refractivity contribution in [2.45, 2.75) is 13.2 Å². The highest BCUT2D eigenvalue weighted by atomic mass is 35.5. The third-order valence-electron chi connectivity index (χ3n) is 1.48. The normalized spacial score (nSPS) is 10.5. The van der Waals surface area contributed by atoms with Gasteiger partial charge in [0.2, 0.25) is 0 Å². The number of hydrogen-bond acceptors (Lipinski definition) is 2. The predicted molar refractivity (Wildman–Crippen MR) is 46.0 cm³/mol. The van der Waals surface area contributed by atoms with Gasteiger partial charge in [0.1, 0.15) is 5.75 Å². The van der Waals surface area contributed by atoms with E-state index in [-0.39, 0.29) is 17.3 Å². The zero-order valence-electron chi connectivity index (χ0n) is 6.64. The maximum absolute atomic E-state index is 11.8. The van der Waals surface area contributed by atoms with Crippen molar-refractivity contribution in [2.24, 2.45) is 5.73 Å². The van der Waals surface area contributed by atoms with Crippen molar-refractivity contribution in [1.82, 2.24) is 0 Å². The Hall–Kier alpha value is -0.870. The van der Waals surface area contributed by atoms with Crippen LogP contribution in [0.2, 0.25) is 5.02 Å². The molecular formula is C8H8ClF2NO. The van der Waals surface area contributed by atoms with Crippen LogP contribution in [0.15, 0.2) is 18.2 Å². The van der Waals surface area contributed by atoms with E-state index in [0.29, 0.717) is 5.56 Å². The molecule has 0 bridgehead atoms. The van der Waals surface area contributed by atoms with E-state index in [1.807, 2.05) is 0 Å². The summed E-state index contributed by atoms with van der Waals surface area (Å²) in [7, 11) is 0. The third-order valence-corrected chi connectivity index (χ3v) is 1.91. The molecule has 1 aromatic carbocycles. The second kappa shape index (κ2) is 4.39. The molecule has 0 aliphatic carbocycles. The number of rotatable bonds is 3. The van der Waals surface area contributed by atoms with E-state index in [4.69, 9.17) is 17.3 Å². The molecule has 0 saturated heterocycles. The Bertz CT molecular complexity index is 293. The minimum Gasteiger partial charge on any atom is -0.433 e. The molecule has 0 aliphatic heterocycles. The van der Waals surface area contributed by atoms with E-state index >= 15 is 0 Å². The van der Waals surface area contributed by atoms with Crippen LogP contribution in [-0.2, 0) is 6.54 Å². The van der Waals surface area contributed by atoms with Crippen LogP contribution in [0.3, 0.4) is 0 Å². The zero-order valence-corrected chi connectivity index (χ0v) is 7.39. The summed E-state index contributed by atoms with van der Waals surface area (Å²) >= 11 is 5.71. The standard InChI is InChI=1S/C8H8ClF2NO/c9-7-5(4-12)2-1-3-6(7)13-8(10)11/h1-3,8H,4,12H2. The Labute approximate surface area is 79.2 Å². The van der Waals surface area contributed by atoms with Gasteiger partial charge in [-0.05, 0) is 11.6 Å². The van der Waals surface area contributed by atoms with Crippen LogP contribution in [0.4, 0.5) is 8.78 Å². The SMILES string of the molecule is NCc1cccc(OC(F)F)c1Cl. The second-order valence-corrected chi connectivity index (χ2v) is 2.69. The van der Waals surface area contributed by atoms with Gasteiger partial charge in [0.15, 0.2) is 0 Å². The average Bonchev–Trinajstić information content (AvgIpc) is 2.08. The molecule has 0 heterocycles. The van der Waals surface area contributed by atoms with Crippen molar-refractivity contribution in [1.29, 1.82) is 0 Å². The van der Waals surface area contributed by atoms with E-state index in [0.717, 1.165) is 0 Å². The van der Waals surface area contributed by atoms with Gasteiger partial charge in [-0.25, -0.2) is 0 Å². The minimum absolute atomic E-state index is 0.0420. The molecule has 0 radical (unpaired) electrons. The van der Waals surface area contributed by atoms with Crippen LogP contribution < -0.4 is 10.5 Å². The summed E-state index contributed by atoms with van der Waals surface area (Å²) in [5.74, 6) is -0.0420. The Kier molecular flexibility index (Phi) is 3.45. The van der Waals surface area contributed by atoms with Crippen LogP contribution in [0, 0.1) is 0 Å². The van der Waals surface area contributed by atoms with Gasteiger partial charge in [-0.2, -0.15) is 8.78 Å². The van der Waals surface area contributed by atoms with Gasteiger partial charge < -0.3 is 10.5 Å². The molecule has 1 rings (SSSR count). The molecule has 5 heteroatoms. The summed E-state index contributed by atoms with van der Waals surface area (Å²) in [6.45, 7) is -2.68. The Balaban J connectivity index is 2.94. The average molecular weight is 208 g/mol. The molecule has 0 spiro atoms. The highest BCUT2D eigenvalue weighted by Crippen LogP contribution is 2.28. The summed E-state index contributed by atoms with van der Waals surface area (Å²) in [5, 5.41) is 0.144.